The Morgan fingerprint density at radius 1 is 1.53 bits per heavy atom. The van der Waals surface area contributed by atoms with E-state index < -0.39 is 12.0 Å². The summed E-state index contributed by atoms with van der Waals surface area (Å²) in [4.78, 5) is 26.1. The number of amides is 1. The Hall–Kier alpha value is -1.10. The van der Waals surface area contributed by atoms with E-state index in [0.29, 0.717) is 0 Å². The van der Waals surface area contributed by atoms with Gasteiger partial charge in [0.15, 0.2) is 0 Å². The van der Waals surface area contributed by atoms with Crippen LogP contribution >= 0.6 is 0 Å². The number of hydrogen-bond donors (Lipinski definition) is 1. The molecular formula is C10H18N2O3. The molecule has 1 amide bonds. The summed E-state index contributed by atoms with van der Waals surface area (Å²) in [6.45, 7) is 2.74. The number of carboxylic acid groups (broad SMARTS) is 1. The maximum absolute atomic E-state index is 11.9. The largest absolute Gasteiger partial charge is 0.481 e. The molecule has 1 aliphatic rings. The SMILES string of the molecule is CC1CCN(C)C(CC(=O)O)C(=O)N1C. The molecule has 0 aromatic carbocycles. The van der Waals surface area contributed by atoms with Gasteiger partial charge < -0.3 is 10.0 Å². The molecule has 2 unspecified atom stereocenters. The van der Waals surface area contributed by atoms with Crippen LogP contribution in [-0.4, -0.2) is 59.5 Å². The molecule has 1 saturated heterocycles. The average Bonchev–Trinajstić information content (AvgIpc) is 2.25. The number of carbonyl (C=O) groups excluding carboxylic acids is 1. The minimum absolute atomic E-state index is 0.0927. The van der Waals surface area contributed by atoms with Gasteiger partial charge in [0.1, 0.15) is 0 Å². The summed E-state index contributed by atoms with van der Waals surface area (Å²) in [6, 6.07) is -0.337. The standard InChI is InChI=1S/C10H18N2O3/c1-7-4-5-11(2)8(6-9(13)14)10(15)12(7)3/h7-8H,4-6H2,1-3H3,(H,13,14). The first kappa shape index (κ1) is 12.0. The van der Waals surface area contributed by atoms with E-state index in [0.717, 1.165) is 13.0 Å². The topological polar surface area (TPSA) is 60.9 Å². The van der Waals surface area contributed by atoms with Crippen molar-refractivity contribution in [3.05, 3.63) is 0 Å². The fourth-order valence-electron chi connectivity index (χ4n) is 1.79. The molecule has 1 rings (SSSR count). The van der Waals surface area contributed by atoms with Crippen molar-refractivity contribution >= 4 is 11.9 Å². The molecule has 0 saturated carbocycles. The summed E-state index contributed by atoms with van der Waals surface area (Å²) >= 11 is 0. The molecule has 86 valence electrons. The lowest BCUT2D eigenvalue weighted by Crippen LogP contribution is -2.45. The van der Waals surface area contributed by atoms with E-state index in [-0.39, 0.29) is 18.4 Å². The van der Waals surface area contributed by atoms with Crippen molar-refractivity contribution in [1.29, 1.82) is 0 Å². The van der Waals surface area contributed by atoms with Gasteiger partial charge >= 0.3 is 5.97 Å². The van der Waals surface area contributed by atoms with Gasteiger partial charge in [0.05, 0.1) is 12.5 Å². The van der Waals surface area contributed by atoms with Crippen molar-refractivity contribution in [2.75, 3.05) is 20.6 Å². The van der Waals surface area contributed by atoms with Crippen LogP contribution in [0.25, 0.3) is 0 Å². The van der Waals surface area contributed by atoms with Crippen LogP contribution < -0.4 is 0 Å². The first-order chi connectivity index (χ1) is 6.93. The van der Waals surface area contributed by atoms with Crippen LogP contribution in [0.1, 0.15) is 19.8 Å². The zero-order valence-electron chi connectivity index (χ0n) is 9.43. The van der Waals surface area contributed by atoms with Crippen molar-refractivity contribution in [2.24, 2.45) is 0 Å². The maximum atomic E-state index is 11.9. The molecule has 0 bridgehead atoms. The quantitative estimate of drug-likeness (QED) is 0.703. The summed E-state index contributed by atoms with van der Waals surface area (Å²) in [5.74, 6) is -1.02. The highest BCUT2D eigenvalue weighted by atomic mass is 16.4. The third kappa shape index (κ3) is 2.68. The Bertz CT molecular complexity index is 267. The maximum Gasteiger partial charge on any atom is 0.305 e. The lowest BCUT2D eigenvalue weighted by Gasteiger charge is -2.26. The smallest absolute Gasteiger partial charge is 0.305 e. The Labute approximate surface area is 89.7 Å². The van der Waals surface area contributed by atoms with E-state index in [4.69, 9.17) is 5.11 Å². The summed E-state index contributed by atoms with van der Waals surface area (Å²) in [6.07, 6.45) is 0.765. The summed E-state index contributed by atoms with van der Waals surface area (Å²) in [5.41, 5.74) is 0. The fraction of sp³-hybridized carbons (Fsp3) is 0.800. The fourth-order valence-corrected chi connectivity index (χ4v) is 1.79. The molecule has 2 atom stereocenters. The minimum Gasteiger partial charge on any atom is -0.481 e. The third-order valence-corrected chi connectivity index (χ3v) is 3.09. The van der Waals surface area contributed by atoms with E-state index in [1.807, 2.05) is 11.8 Å². The van der Waals surface area contributed by atoms with E-state index in [1.165, 1.54) is 0 Å². The van der Waals surface area contributed by atoms with Crippen LogP contribution in [0.15, 0.2) is 0 Å². The first-order valence-electron chi connectivity index (χ1n) is 5.12. The Morgan fingerprint density at radius 3 is 2.67 bits per heavy atom. The molecule has 0 aromatic heterocycles. The number of nitrogens with zero attached hydrogens (tertiary/aromatic N) is 2. The second-order valence-electron chi connectivity index (χ2n) is 4.18. The van der Waals surface area contributed by atoms with Crippen molar-refractivity contribution in [1.82, 2.24) is 9.80 Å². The summed E-state index contributed by atoms with van der Waals surface area (Å²) < 4.78 is 0. The number of carboxylic acids is 1. The monoisotopic (exact) mass is 214 g/mol. The van der Waals surface area contributed by atoms with E-state index >= 15 is 0 Å². The third-order valence-electron chi connectivity index (χ3n) is 3.09. The zero-order valence-corrected chi connectivity index (χ0v) is 9.43. The number of rotatable bonds is 2. The Balaban J connectivity index is 2.81. The molecule has 0 spiro atoms. The molecule has 1 heterocycles. The van der Waals surface area contributed by atoms with Crippen LogP contribution in [-0.2, 0) is 9.59 Å². The van der Waals surface area contributed by atoms with Crippen molar-refractivity contribution < 1.29 is 14.7 Å². The normalized spacial score (nSPS) is 29.0. The van der Waals surface area contributed by atoms with Gasteiger partial charge in [0.25, 0.3) is 0 Å². The summed E-state index contributed by atoms with van der Waals surface area (Å²) in [5, 5.41) is 8.75. The van der Waals surface area contributed by atoms with Gasteiger partial charge in [-0.25, -0.2) is 0 Å². The second kappa shape index (κ2) is 4.61. The Morgan fingerprint density at radius 2 is 2.13 bits per heavy atom. The van der Waals surface area contributed by atoms with Crippen LogP contribution in [0.3, 0.4) is 0 Å². The molecule has 5 nitrogen and oxygen atoms in total. The van der Waals surface area contributed by atoms with E-state index in [1.54, 1.807) is 19.0 Å². The number of carbonyl (C=O) groups is 2. The number of hydrogen-bond acceptors (Lipinski definition) is 3. The molecule has 0 aromatic rings. The highest BCUT2D eigenvalue weighted by Gasteiger charge is 2.33. The second-order valence-corrected chi connectivity index (χ2v) is 4.18. The van der Waals surface area contributed by atoms with E-state index in [2.05, 4.69) is 0 Å². The molecule has 0 aliphatic carbocycles. The summed E-state index contributed by atoms with van der Waals surface area (Å²) in [7, 11) is 3.54. The molecule has 15 heavy (non-hydrogen) atoms. The molecule has 1 N–H and O–H groups in total. The van der Waals surface area contributed by atoms with Crippen molar-refractivity contribution in [3.63, 3.8) is 0 Å². The van der Waals surface area contributed by atoms with Gasteiger partial charge in [-0.05, 0) is 20.4 Å². The van der Waals surface area contributed by atoms with Gasteiger partial charge in [-0.3, -0.25) is 14.5 Å². The van der Waals surface area contributed by atoms with Gasteiger partial charge in [-0.2, -0.15) is 0 Å². The van der Waals surface area contributed by atoms with Crippen LogP contribution in [0, 0.1) is 0 Å². The van der Waals surface area contributed by atoms with Gasteiger partial charge in [0.2, 0.25) is 5.91 Å². The highest BCUT2D eigenvalue weighted by molar-refractivity contribution is 5.86. The zero-order chi connectivity index (χ0) is 11.6. The lowest BCUT2D eigenvalue weighted by atomic mass is 10.1. The lowest BCUT2D eigenvalue weighted by molar-refractivity contribution is -0.144. The predicted octanol–water partition coefficient (Wildman–Crippen LogP) is 0.0121. The van der Waals surface area contributed by atoms with Crippen LogP contribution in [0.5, 0.6) is 0 Å². The highest BCUT2D eigenvalue weighted by Crippen LogP contribution is 2.15. The van der Waals surface area contributed by atoms with Crippen molar-refractivity contribution in [3.8, 4) is 0 Å². The van der Waals surface area contributed by atoms with Gasteiger partial charge in [-0.15, -0.1) is 0 Å². The van der Waals surface area contributed by atoms with Crippen LogP contribution in [0.4, 0.5) is 0 Å². The predicted molar refractivity (Wildman–Crippen MR) is 55.5 cm³/mol. The minimum atomic E-state index is -0.928. The first-order valence-corrected chi connectivity index (χ1v) is 5.12. The molecule has 1 fully saturated rings. The number of aliphatic carboxylic acids is 1. The molecular weight excluding hydrogens is 196 g/mol. The van der Waals surface area contributed by atoms with Gasteiger partial charge in [0, 0.05) is 19.6 Å². The Kier molecular flexibility index (Phi) is 3.68. The van der Waals surface area contributed by atoms with Crippen molar-refractivity contribution in [2.45, 2.75) is 31.8 Å². The van der Waals surface area contributed by atoms with E-state index in [9.17, 15) is 9.59 Å². The molecule has 1 aliphatic heterocycles. The van der Waals surface area contributed by atoms with Crippen LogP contribution in [0.2, 0.25) is 0 Å². The number of likely N-dealkylation sites (N-methyl/N-ethyl adjacent to an activating group) is 2. The average molecular weight is 214 g/mol. The molecule has 0 radical (unpaired) electrons. The molecule has 5 heteroatoms. The van der Waals surface area contributed by atoms with Gasteiger partial charge in [-0.1, -0.05) is 0 Å².